The fourth-order valence-electron chi connectivity index (χ4n) is 1.52. The van der Waals surface area contributed by atoms with Crippen LogP contribution in [0.1, 0.15) is 0 Å². The minimum absolute atomic E-state index is 0.783. The van der Waals surface area contributed by atoms with Gasteiger partial charge >= 0.3 is 0 Å². The molecule has 0 saturated carbocycles. The van der Waals surface area contributed by atoms with Crippen LogP contribution >= 0.6 is 15.9 Å². The normalized spacial score (nSPS) is 11.0. The van der Waals surface area contributed by atoms with E-state index in [1.54, 1.807) is 6.26 Å². The van der Waals surface area contributed by atoms with Crippen LogP contribution in [0.5, 0.6) is 0 Å². The van der Waals surface area contributed by atoms with Crippen molar-refractivity contribution in [2.75, 3.05) is 0 Å². The zero-order chi connectivity index (χ0) is 10.3. The number of nitrogens with zero attached hydrogens (tertiary/aromatic N) is 2. The molecule has 15 heavy (non-hydrogen) atoms. The van der Waals surface area contributed by atoms with Crippen LogP contribution in [-0.4, -0.2) is 9.38 Å². The largest absolute Gasteiger partial charge is 0.463 e. The first-order valence-corrected chi connectivity index (χ1v) is 5.31. The summed E-state index contributed by atoms with van der Waals surface area (Å²) < 4.78 is 8.25. The molecule has 0 aromatic carbocycles. The van der Waals surface area contributed by atoms with E-state index in [4.69, 9.17) is 4.42 Å². The van der Waals surface area contributed by atoms with Gasteiger partial charge in [0.2, 0.25) is 0 Å². The summed E-state index contributed by atoms with van der Waals surface area (Å²) >= 11 is 3.47. The predicted octanol–water partition coefficient (Wildman–Crippen LogP) is 3.36. The second-order valence-corrected chi connectivity index (χ2v) is 3.99. The molecule has 0 aliphatic carbocycles. The van der Waals surface area contributed by atoms with Gasteiger partial charge in [0.25, 0.3) is 0 Å². The molecular weight excluding hydrogens is 256 g/mol. The number of imidazole rings is 1. The summed E-state index contributed by atoms with van der Waals surface area (Å²) in [6.45, 7) is 0. The lowest BCUT2D eigenvalue weighted by Gasteiger charge is -1.93. The summed E-state index contributed by atoms with van der Waals surface area (Å²) in [6.07, 6.45) is 3.59. The number of hydrogen-bond donors (Lipinski definition) is 0. The fraction of sp³-hybridized carbons (Fsp3) is 0. The van der Waals surface area contributed by atoms with E-state index in [-0.39, 0.29) is 0 Å². The summed E-state index contributed by atoms with van der Waals surface area (Å²) in [5.41, 5.74) is 1.74. The van der Waals surface area contributed by atoms with E-state index in [2.05, 4.69) is 20.9 Å². The van der Waals surface area contributed by atoms with E-state index in [0.29, 0.717) is 0 Å². The monoisotopic (exact) mass is 262 g/mol. The van der Waals surface area contributed by atoms with Gasteiger partial charge in [-0.15, -0.1) is 0 Å². The molecule has 0 aliphatic rings. The number of hydrogen-bond acceptors (Lipinski definition) is 2. The van der Waals surface area contributed by atoms with Gasteiger partial charge < -0.3 is 4.42 Å². The van der Waals surface area contributed by atoms with E-state index in [9.17, 15) is 0 Å². The molecule has 0 aliphatic heterocycles. The summed E-state index contributed by atoms with van der Waals surface area (Å²) in [5, 5.41) is 0. The van der Waals surface area contributed by atoms with Gasteiger partial charge in [0.1, 0.15) is 11.3 Å². The minimum atomic E-state index is 0.783. The average Bonchev–Trinajstić information content (AvgIpc) is 2.86. The highest BCUT2D eigenvalue weighted by atomic mass is 79.9. The smallest absolute Gasteiger partial charge is 0.153 e. The Morgan fingerprint density at radius 1 is 1.20 bits per heavy atom. The molecule has 0 saturated heterocycles. The van der Waals surface area contributed by atoms with E-state index in [0.717, 1.165) is 21.7 Å². The molecule has 74 valence electrons. The Morgan fingerprint density at radius 2 is 2.13 bits per heavy atom. The van der Waals surface area contributed by atoms with Crippen LogP contribution in [0, 0.1) is 0 Å². The summed E-state index contributed by atoms with van der Waals surface area (Å²) in [5.74, 6) is 0.783. The van der Waals surface area contributed by atoms with Crippen LogP contribution in [0.4, 0.5) is 0 Å². The summed E-state index contributed by atoms with van der Waals surface area (Å²) in [6, 6.07) is 9.64. The second kappa shape index (κ2) is 3.24. The average molecular weight is 263 g/mol. The Hall–Kier alpha value is -1.55. The zero-order valence-corrected chi connectivity index (χ0v) is 9.31. The topological polar surface area (TPSA) is 30.4 Å². The van der Waals surface area contributed by atoms with Crippen molar-refractivity contribution in [1.82, 2.24) is 9.38 Å². The summed E-state index contributed by atoms with van der Waals surface area (Å²) in [4.78, 5) is 4.46. The third-order valence-electron chi connectivity index (χ3n) is 2.22. The number of halogens is 1. The predicted molar refractivity (Wildman–Crippen MR) is 60.6 cm³/mol. The molecule has 0 radical (unpaired) electrons. The zero-order valence-electron chi connectivity index (χ0n) is 7.72. The molecule has 3 aromatic heterocycles. The number of furan rings is 1. The van der Waals surface area contributed by atoms with Crippen LogP contribution < -0.4 is 0 Å². The van der Waals surface area contributed by atoms with Crippen LogP contribution in [0.15, 0.2) is 51.8 Å². The molecule has 0 fully saturated rings. The summed E-state index contributed by atoms with van der Waals surface area (Å²) in [7, 11) is 0. The van der Waals surface area contributed by atoms with Gasteiger partial charge in [-0.2, -0.15) is 0 Å². The minimum Gasteiger partial charge on any atom is -0.463 e. The fourth-order valence-corrected chi connectivity index (χ4v) is 1.96. The van der Waals surface area contributed by atoms with Crippen molar-refractivity contribution in [3.05, 3.63) is 47.4 Å². The van der Waals surface area contributed by atoms with E-state index in [1.807, 2.05) is 40.9 Å². The maximum atomic E-state index is 5.30. The van der Waals surface area contributed by atoms with Gasteiger partial charge in [0, 0.05) is 6.20 Å². The lowest BCUT2D eigenvalue weighted by atomic mass is 10.4. The Bertz CT molecular complexity index is 598. The molecule has 0 bridgehead atoms. The number of fused-ring (bicyclic) bond motifs is 1. The molecule has 3 heterocycles. The standard InChI is InChI=1S/C11H7BrN2O/c12-10-4-1-5-11-13-8(7-14(10)11)9-3-2-6-15-9/h1-7H. The van der Waals surface area contributed by atoms with Gasteiger partial charge in [0.15, 0.2) is 5.76 Å². The van der Waals surface area contributed by atoms with E-state index < -0.39 is 0 Å². The van der Waals surface area contributed by atoms with Crippen molar-refractivity contribution in [2.24, 2.45) is 0 Å². The molecule has 0 N–H and O–H groups in total. The van der Waals surface area contributed by atoms with Crippen molar-refractivity contribution >= 4 is 21.6 Å². The molecule has 4 heteroatoms. The Morgan fingerprint density at radius 3 is 2.87 bits per heavy atom. The maximum Gasteiger partial charge on any atom is 0.153 e. The first-order chi connectivity index (χ1) is 7.34. The van der Waals surface area contributed by atoms with E-state index in [1.165, 1.54) is 0 Å². The van der Waals surface area contributed by atoms with Crippen molar-refractivity contribution in [2.45, 2.75) is 0 Å². The third kappa shape index (κ3) is 1.37. The second-order valence-electron chi connectivity index (χ2n) is 3.18. The van der Waals surface area contributed by atoms with Gasteiger partial charge in [-0.3, -0.25) is 4.40 Å². The SMILES string of the molecule is Brc1cccc2nc(-c3ccco3)cn12. The molecule has 0 amide bonds. The van der Waals surface area contributed by atoms with Crippen LogP contribution in [0.25, 0.3) is 17.1 Å². The van der Waals surface area contributed by atoms with Gasteiger partial charge in [-0.05, 0) is 40.2 Å². The molecule has 0 atom stereocenters. The van der Waals surface area contributed by atoms with Crippen molar-refractivity contribution in [3.8, 4) is 11.5 Å². The van der Waals surface area contributed by atoms with Crippen molar-refractivity contribution in [3.63, 3.8) is 0 Å². The lowest BCUT2D eigenvalue weighted by molar-refractivity contribution is 0.580. The molecule has 0 unspecified atom stereocenters. The Kier molecular flexibility index (Phi) is 1.89. The van der Waals surface area contributed by atoms with Crippen LogP contribution in [0.2, 0.25) is 0 Å². The molecule has 0 spiro atoms. The van der Waals surface area contributed by atoms with Crippen LogP contribution in [-0.2, 0) is 0 Å². The van der Waals surface area contributed by atoms with E-state index >= 15 is 0 Å². The van der Waals surface area contributed by atoms with Crippen molar-refractivity contribution < 1.29 is 4.42 Å². The first kappa shape index (κ1) is 8.73. The van der Waals surface area contributed by atoms with Crippen molar-refractivity contribution in [1.29, 1.82) is 0 Å². The molecule has 3 nitrogen and oxygen atoms in total. The lowest BCUT2D eigenvalue weighted by Crippen LogP contribution is -1.82. The van der Waals surface area contributed by atoms with Crippen LogP contribution in [0.3, 0.4) is 0 Å². The number of aromatic nitrogens is 2. The highest BCUT2D eigenvalue weighted by Crippen LogP contribution is 2.21. The number of pyridine rings is 1. The third-order valence-corrected chi connectivity index (χ3v) is 2.86. The highest BCUT2D eigenvalue weighted by Gasteiger charge is 2.07. The highest BCUT2D eigenvalue weighted by molar-refractivity contribution is 9.10. The van der Waals surface area contributed by atoms with Gasteiger partial charge in [0.05, 0.1) is 10.9 Å². The van der Waals surface area contributed by atoms with Gasteiger partial charge in [-0.1, -0.05) is 6.07 Å². The molecule has 3 rings (SSSR count). The Labute approximate surface area is 94.5 Å². The molecule has 3 aromatic rings. The quantitative estimate of drug-likeness (QED) is 0.630. The number of rotatable bonds is 1. The Balaban J connectivity index is 2.27. The molecular formula is C11H7BrN2O. The first-order valence-electron chi connectivity index (χ1n) is 4.52. The van der Waals surface area contributed by atoms with Gasteiger partial charge in [-0.25, -0.2) is 4.98 Å². The maximum absolute atomic E-state index is 5.30.